The van der Waals surface area contributed by atoms with Gasteiger partial charge in [0.05, 0.1) is 5.02 Å². The van der Waals surface area contributed by atoms with Crippen molar-refractivity contribution < 1.29 is 13.2 Å². The zero-order valence-corrected chi connectivity index (χ0v) is 18.2. The molecule has 2 aromatic carbocycles. The summed E-state index contributed by atoms with van der Waals surface area (Å²) >= 11 is 12.6. The number of carbonyl (C=O) groups is 1. The molecule has 8 heteroatoms. The summed E-state index contributed by atoms with van der Waals surface area (Å²) in [5.74, 6) is -0.185. The van der Waals surface area contributed by atoms with Crippen LogP contribution in [0, 0.1) is 13.8 Å². The van der Waals surface area contributed by atoms with Crippen molar-refractivity contribution in [3.63, 3.8) is 0 Å². The summed E-state index contributed by atoms with van der Waals surface area (Å²) in [5, 5.41) is 3.16. The van der Waals surface area contributed by atoms with Crippen molar-refractivity contribution in [1.82, 2.24) is 9.62 Å². The van der Waals surface area contributed by atoms with Crippen molar-refractivity contribution in [1.29, 1.82) is 0 Å². The number of halogens is 2. The highest BCUT2D eigenvalue weighted by atomic mass is 35.5. The topological polar surface area (TPSA) is 66.5 Å². The average Bonchev–Trinajstić information content (AvgIpc) is 3.49. The van der Waals surface area contributed by atoms with Crippen molar-refractivity contribution in [3.8, 4) is 0 Å². The number of nitrogens with zero attached hydrogens (tertiary/aromatic N) is 1. The van der Waals surface area contributed by atoms with E-state index in [1.54, 1.807) is 51.2 Å². The molecule has 28 heavy (non-hydrogen) atoms. The first kappa shape index (κ1) is 21.1. The van der Waals surface area contributed by atoms with Crippen molar-refractivity contribution in [3.05, 3.63) is 62.6 Å². The van der Waals surface area contributed by atoms with Crippen LogP contribution in [0.15, 0.2) is 35.2 Å². The van der Waals surface area contributed by atoms with Crippen LogP contribution in [-0.4, -0.2) is 31.7 Å². The molecule has 0 bridgehead atoms. The summed E-state index contributed by atoms with van der Waals surface area (Å²) < 4.78 is 28.5. The maximum Gasteiger partial charge on any atom is 0.251 e. The minimum atomic E-state index is -3.84. The highest BCUT2D eigenvalue weighted by Gasteiger charge is 2.40. The van der Waals surface area contributed by atoms with Gasteiger partial charge in [-0.1, -0.05) is 35.3 Å². The molecule has 150 valence electrons. The first-order valence-corrected chi connectivity index (χ1v) is 11.1. The summed E-state index contributed by atoms with van der Waals surface area (Å²) in [6.07, 6.45) is 1.62. The maximum atomic E-state index is 13.5. The Morgan fingerprint density at radius 2 is 1.79 bits per heavy atom. The molecule has 2 aromatic rings. The number of hydrogen-bond acceptors (Lipinski definition) is 3. The number of rotatable bonds is 6. The molecule has 0 radical (unpaired) electrons. The molecule has 0 unspecified atom stereocenters. The molecule has 1 aliphatic rings. The van der Waals surface area contributed by atoms with Gasteiger partial charge >= 0.3 is 0 Å². The lowest BCUT2D eigenvalue weighted by Crippen LogP contribution is -2.33. The van der Waals surface area contributed by atoms with Crippen LogP contribution >= 0.6 is 23.2 Å². The van der Waals surface area contributed by atoms with Crippen LogP contribution in [-0.2, 0) is 16.6 Å². The molecule has 1 fully saturated rings. The lowest BCUT2D eigenvalue weighted by molar-refractivity contribution is 0.0963. The monoisotopic (exact) mass is 440 g/mol. The maximum absolute atomic E-state index is 13.5. The third-order valence-electron chi connectivity index (χ3n) is 4.89. The first-order valence-electron chi connectivity index (χ1n) is 8.95. The average molecular weight is 441 g/mol. The summed E-state index contributed by atoms with van der Waals surface area (Å²) in [5.41, 5.74) is 2.41. The number of aryl methyl sites for hydroxylation is 1. The fourth-order valence-electron chi connectivity index (χ4n) is 3.10. The Bertz CT molecular complexity index is 990. The Balaban J connectivity index is 1.98. The molecule has 1 amide bonds. The van der Waals surface area contributed by atoms with Crippen molar-refractivity contribution >= 4 is 39.1 Å². The van der Waals surface area contributed by atoms with Gasteiger partial charge in [0.15, 0.2) is 0 Å². The van der Waals surface area contributed by atoms with Crippen molar-refractivity contribution in [2.75, 3.05) is 7.05 Å². The van der Waals surface area contributed by atoms with Gasteiger partial charge in [0.25, 0.3) is 5.91 Å². The van der Waals surface area contributed by atoms with E-state index in [9.17, 15) is 13.2 Å². The second kappa shape index (κ2) is 8.03. The molecule has 0 heterocycles. The SMILES string of the molecule is CNC(=O)c1ccc(CN(C2CC2)S(=O)(=O)c2c(C)c(Cl)cc(C)c2Cl)cc1. The van der Waals surface area contributed by atoms with E-state index in [1.165, 1.54) is 4.31 Å². The van der Waals surface area contributed by atoms with Crippen LogP contribution in [0.2, 0.25) is 10.0 Å². The van der Waals surface area contributed by atoms with E-state index < -0.39 is 10.0 Å². The van der Waals surface area contributed by atoms with Crippen molar-refractivity contribution in [2.45, 2.75) is 44.2 Å². The van der Waals surface area contributed by atoms with Gasteiger partial charge in [0.2, 0.25) is 10.0 Å². The number of carbonyl (C=O) groups excluding carboxylic acids is 1. The molecule has 5 nitrogen and oxygen atoms in total. The van der Waals surface area contributed by atoms with Gasteiger partial charge in [-0.3, -0.25) is 4.79 Å². The normalized spacial score (nSPS) is 14.4. The van der Waals surface area contributed by atoms with Crippen molar-refractivity contribution in [2.24, 2.45) is 0 Å². The van der Waals surface area contributed by atoms with E-state index in [0.29, 0.717) is 21.7 Å². The van der Waals surface area contributed by atoms with Crippen LogP contribution in [0.5, 0.6) is 0 Å². The van der Waals surface area contributed by atoms with Gasteiger partial charge in [0.1, 0.15) is 4.90 Å². The fourth-order valence-corrected chi connectivity index (χ4v) is 5.94. The van der Waals surface area contributed by atoms with E-state index in [4.69, 9.17) is 23.2 Å². The molecule has 1 aliphatic carbocycles. The Morgan fingerprint density at radius 3 is 2.32 bits per heavy atom. The summed E-state index contributed by atoms with van der Waals surface area (Å²) in [6, 6.07) is 8.54. The van der Waals surface area contributed by atoms with E-state index in [-0.39, 0.29) is 28.4 Å². The van der Waals surface area contributed by atoms with E-state index >= 15 is 0 Å². The summed E-state index contributed by atoms with van der Waals surface area (Å²) in [6.45, 7) is 3.62. The molecule has 1 saturated carbocycles. The smallest absolute Gasteiger partial charge is 0.251 e. The van der Waals surface area contributed by atoms with Crippen LogP contribution in [0.25, 0.3) is 0 Å². The second-order valence-corrected chi connectivity index (χ2v) is 9.61. The zero-order chi connectivity index (χ0) is 20.6. The minimum absolute atomic E-state index is 0.0571. The predicted octanol–water partition coefficient (Wildman–Crippen LogP) is 4.32. The van der Waals surface area contributed by atoms with E-state index in [1.807, 2.05) is 0 Å². The summed E-state index contributed by atoms with van der Waals surface area (Å²) in [4.78, 5) is 11.8. The van der Waals surface area contributed by atoms with Crippen LogP contribution in [0.1, 0.15) is 39.9 Å². The minimum Gasteiger partial charge on any atom is -0.355 e. The Labute approximate surface area is 175 Å². The Morgan fingerprint density at radius 1 is 1.18 bits per heavy atom. The zero-order valence-electron chi connectivity index (χ0n) is 15.9. The highest BCUT2D eigenvalue weighted by molar-refractivity contribution is 7.89. The standard InChI is InChI=1S/C20H22Cl2N2O3S/c1-12-10-17(21)13(2)19(18(12)22)28(26,27)24(16-8-9-16)11-14-4-6-15(7-5-14)20(25)23-3/h4-7,10,16H,8-9,11H2,1-3H3,(H,23,25). The molecule has 0 saturated heterocycles. The molecule has 0 aromatic heterocycles. The lowest BCUT2D eigenvalue weighted by atomic mass is 10.1. The number of hydrogen-bond donors (Lipinski definition) is 1. The van der Waals surface area contributed by atoms with Crippen LogP contribution in [0.4, 0.5) is 0 Å². The number of amides is 1. The third-order valence-corrected chi connectivity index (χ3v) is 7.95. The molecular formula is C20H22Cl2N2O3S. The number of benzene rings is 2. The van der Waals surface area contributed by atoms with Gasteiger partial charge < -0.3 is 5.32 Å². The van der Waals surface area contributed by atoms with Gasteiger partial charge in [0, 0.05) is 30.2 Å². The first-order chi connectivity index (χ1) is 13.2. The molecular weight excluding hydrogens is 419 g/mol. The highest BCUT2D eigenvalue weighted by Crippen LogP contribution is 2.39. The molecule has 3 rings (SSSR count). The van der Waals surface area contributed by atoms with Gasteiger partial charge in [-0.25, -0.2) is 8.42 Å². The molecule has 0 spiro atoms. The van der Waals surface area contributed by atoms with E-state index in [0.717, 1.165) is 18.4 Å². The largest absolute Gasteiger partial charge is 0.355 e. The van der Waals surface area contributed by atoms with Crippen LogP contribution < -0.4 is 5.32 Å². The fraction of sp³-hybridized carbons (Fsp3) is 0.350. The Hall–Kier alpha value is -1.60. The molecule has 0 aliphatic heterocycles. The molecule has 1 N–H and O–H groups in total. The lowest BCUT2D eigenvalue weighted by Gasteiger charge is -2.24. The number of sulfonamides is 1. The Kier molecular flexibility index (Phi) is 6.05. The van der Waals surface area contributed by atoms with Crippen LogP contribution in [0.3, 0.4) is 0 Å². The van der Waals surface area contributed by atoms with Gasteiger partial charge in [-0.15, -0.1) is 0 Å². The second-order valence-electron chi connectivity index (χ2n) is 7.00. The summed E-state index contributed by atoms with van der Waals surface area (Å²) in [7, 11) is -2.27. The van der Waals surface area contributed by atoms with Gasteiger partial charge in [-0.05, 0) is 61.6 Å². The third kappa shape index (κ3) is 4.06. The molecule has 0 atom stereocenters. The van der Waals surface area contributed by atoms with Gasteiger partial charge in [-0.2, -0.15) is 4.31 Å². The predicted molar refractivity (Wildman–Crippen MR) is 112 cm³/mol. The van der Waals surface area contributed by atoms with E-state index in [2.05, 4.69) is 5.32 Å². The quantitative estimate of drug-likeness (QED) is 0.726. The number of nitrogens with one attached hydrogen (secondary N) is 1.